The van der Waals surface area contributed by atoms with Crippen molar-refractivity contribution >= 4 is 40.6 Å². The number of rotatable bonds is 5. The van der Waals surface area contributed by atoms with Crippen LogP contribution >= 0.6 is 23.2 Å². The first-order valence-corrected chi connectivity index (χ1v) is 10.3. The Bertz CT molecular complexity index is 848. The molecule has 1 heterocycles. The second-order valence-corrected chi connectivity index (χ2v) is 8.36. The van der Waals surface area contributed by atoms with Crippen molar-refractivity contribution in [1.29, 1.82) is 0 Å². The van der Waals surface area contributed by atoms with Crippen LogP contribution in [0.4, 0.5) is 11.5 Å². The summed E-state index contributed by atoms with van der Waals surface area (Å²) in [6.45, 7) is 2.06. The van der Waals surface area contributed by atoms with Gasteiger partial charge in [-0.2, -0.15) is 0 Å². The van der Waals surface area contributed by atoms with Gasteiger partial charge in [0.2, 0.25) is 0 Å². The Hall–Kier alpha value is -1.98. The maximum atomic E-state index is 12.4. The summed E-state index contributed by atoms with van der Waals surface area (Å²) >= 11 is 11.9. The highest BCUT2D eigenvalue weighted by Crippen LogP contribution is 2.26. The van der Waals surface area contributed by atoms with Gasteiger partial charge in [0.25, 0.3) is 5.91 Å². The molecule has 0 aliphatic heterocycles. The lowest BCUT2D eigenvalue weighted by molar-refractivity contribution is 0.0926. The molecule has 0 unspecified atom stereocenters. The van der Waals surface area contributed by atoms with Crippen molar-refractivity contribution in [2.24, 2.45) is 0 Å². The molecule has 0 bridgehead atoms. The molecule has 5 nitrogen and oxygen atoms in total. The molecule has 3 rings (SSSR count). The number of aromatic nitrogens is 1. The van der Waals surface area contributed by atoms with Crippen LogP contribution in [0.1, 0.15) is 41.6 Å². The SMILES string of the molecule is Cc1cnc(N[C@H]2CC[C@@H](NC(=O)c3ccc(Cl)c(Cl)c3)CC2)cc1N(C)C. The summed E-state index contributed by atoms with van der Waals surface area (Å²) < 4.78 is 0. The van der Waals surface area contributed by atoms with Crippen LogP contribution in [-0.4, -0.2) is 37.1 Å². The second-order valence-electron chi connectivity index (χ2n) is 7.55. The van der Waals surface area contributed by atoms with E-state index in [-0.39, 0.29) is 11.9 Å². The highest BCUT2D eigenvalue weighted by atomic mass is 35.5. The monoisotopic (exact) mass is 420 g/mol. The summed E-state index contributed by atoms with van der Waals surface area (Å²) in [6.07, 6.45) is 5.73. The van der Waals surface area contributed by atoms with E-state index in [1.807, 2.05) is 20.3 Å². The van der Waals surface area contributed by atoms with Crippen LogP contribution in [0.2, 0.25) is 10.0 Å². The third-order valence-electron chi connectivity index (χ3n) is 5.15. The van der Waals surface area contributed by atoms with E-state index < -0.39 is 0 Å². The van der Waals surface area contributed by atoms with Crippen molar-refractivity contribution in [3.8, 4) is 0 Å². The predicted molar refractivity (Wildman–Crippen MR) is 117 cm³/mol. The first-order chi connectivity index (χ1) is 13.3. The smallest absolute Gasteiger partial charge is 0.251 e. The lowest BCUT2D eigenvalue weighted by Gasteiger charge is -2.30. The number of nitrogens with zero attached hydrogens (tertiary/aromatic N) is 2. The van der Waals surface area contributed by atoms with Crippen molar-refractivity contribution in [1.82, 2.24) is 10.3 Å². The van der Waals surface area contributed by atoms with Crippen LogP contribution in [0, 0.1) is 6.92 Å². The highest BCUT2D eigenvalue weighted by Gasteiger charge is 2.23. The number of nitrogens with one attached hydrogen (secondary N) is 2. The molecule has 1 saturated carbocycles. The maximum absolute atomic E-state index is 12.4. The van der Waals surface area contributed by atoms with Gasteiger partial charge in [0.05, 0.1) is 10.0 Å². The molecule has 0 saturated heterocycles. The van der Waals surface area contributed by atoms with Gasteiger partial charge >= 0.3 is 0 Å². The van der Waals surface area contributed by atoms with Gasteiger partial charge < -0.3 is 15.5 Å². The summed E-state index contributed by atoms with van der Waals surface area (Å²) in [5, 5.41) is 7.49. The number of carbonyl (C=O) groups excluding carboxylic acids is 1. The van der Waals surface area contributed by atoms with Crippen LogP contribution in [0.25, 0.3) is 0 Å². The first kappa shape index (κ1) is 20.7. The summed E-state index contributed by atoms with van der Waals surface area (Å²) in [5.41, 5.74) is 2.86. The van der Waals surface area contributed by atoms with Crippen LogP contribution in [0.3, 0.4) is 0 Å². The average Bonchev–Trinajstić information content (AvgIpc) is 2.66. The quantitative estimate of drug-likeness (QED) is 0.720. The first-order valence-electron chi connectivity index (χ1n) is 9.50. The van der Waals surface area contributed by atoms with E-state index in [9.17, 15) is 4.79 Å². The van der Waals surface area contributed by atoms with Gasteiger partial charge in [0.1, 0.15) is 5.82 Å². The molecule has 0 atom stereocenters. The molecule has 2 N–H and O–H groups in total. The van der Waals surface area contributed by atoms with Crippen LogP contribution in [0.5, 0.6) is 0 Å². The van der Waals surface area contributed by atoms with Crippen LogP contribution in [0.15, 0.2) is 30.5 Å². The summed E-state index contributed by atoms with van der Waals surface area (Å²) in [7, 11) is 4.07. The minimum Gasteiger partial charge on any atom is -0.377 e. The fourth-order valence-electron chi connectivity index (χ4n) is 3.57. The number of anilines is 2. The fourth-order valence-corrected chi connectivity index (χ4v) is 3.87. The minimum absolute atomic E-state index is 0.106. The van der Waals surface area contributed by atoms with E-state index in [2.05, 4.69) is 33.5 Å². The molecule has 0 radical (unpaired) electrons. The Morgan fingerprint density at radius 1 is 1.07 bits per heavy atom. The number of pyridine rings is 1. The third kappa shape index (κ3) is 5.09. The lowest BCUT2D eigenvalue weighted by atomic mass is 9.91. The predicted octanol–water partition coefficient (Wildman–Crippen LogP) is 4.92. The van der Waals surface area contributed by atoms with Crippen molar-refractivity contribution in [2.75, 3.05) is 24.3 Å². The van der Waals surface area contributed by atoms with Gasteiger partial charge in [-0.05, 0) is 56.4 Å². The van der Waals surface area contributed by atoms with Gasteiger partial charge in [0.15, 0.2) is 0 Å². The molecule has 1 aliphatic rings. The maximum Gasteiger partial charge on any atom is 0.251 e. The Labute approximate surface area is 176 Å². The molecule has 1 aromatic heterocycles. The average molecular weight is 421 g/mol. The zero-order valence-corrected chi connectivity index (χ0v) is 17.9. The summed E-state index contributed by atoms with van der Waals surface area (Å²) in [4.78, 5) is 19.0. The number of hydrogen-bond acceptors (Lipinski definition) is 4. The number of carbonyl (C=O) groups is 1. The largest absolute Gasteiger partial charge is 0.377 e. The van der Waals surface area contributed by atoms with Crippen LogP contribution < -0.4 is 15.5 Å². The molecule has 150 valence electrons. The van der Waals surface area contributed by atoms with Gasteiger partial charge in [0, 0.05) is 49.7 Å². The Kier molecular flexibility index (Phi) is 6.68. The molecular formula is C21H26Cl2N4O. The Morgan fingerprint density at radius 3 is 2.39 bits per heavy atom. The van der Waals surface area contributed by atoms with E-state index >= 15 is 0 Å². The zero-order valence-electron chi connectivity index (χ0n) is 16.4. The van der Waals surface area contributed by atoms with E-state index in [1.54, 1.807) is 18.2 Å². The number of aryl methyl sites for hydroxylation is 1. The van der Waals surface area contributed by atoms with Crippen molar-refractivity contribution < 1.29 is 4.79 Å². The van der Waals surface area contributed by atoms with E-state index in [4.69, 9.17) is 23.2 Å². The van der Waals surface area contributed by atoms with Gasteiger partial charge in [-0.15, -0.1) is 0 Å². The van der Waals surface area contributed by atoms with Crippen LogP contribution in [-0.2, 0) is 0 Å². The minimum atomic E-state index is -0.106. The van der Waals surface area contributed by atoms with E-state index in [1.165, 1.54) is 5.69 Å². The normalized spacial score (nSPS) is 19.2. The fraction of sp³-hybridized carbons (Fsp3) is 0.429. The molecule has 2 aromatic rings. The molecule has 7 heteroatoms. The molecular weight excluding hydrogens is 395 g/mol. The number of benzene rings is 1. The van der Waals surface area contributed by atoms with Gasteiger partial charge in [-0.1, -0.05) is 23.2 Å². The molecule has 1 aliphatic carbocycles. The number of amides is 1. The molecule has 1 amide bonds. The topological polar surface area (TPSA) is 57.3 Å². The summed E-state index contributed by atoms with van der Waals surface area (Å²) in [5.74, 6) is 0.795. The van der Waals surface area contributed by atoms with Crippen molar-refractivity contribution in [2.45, 2.75) is 44.7 Å². The zero-order chi connectivity index (χ0) is 20.3. The van der Waals surface area contributed by atoms with Crippen molar-refractivity contribution in [3.05, 3.63) is 51.6 Å². The highest BCUT2D eigenvalue weighted by molar-refractivity contribution is 6.42. The third-order valence-corrected chi connectivity index (χ3v) is 5.89. The van der Waals surface area contributed by atoms with Gasteiger partial charge in [-0.3, -0.25) is 4.79 Å². The molecule has 0 spiro atoms. The Balaban J connectivity index is 1.52. The number of hydrogen-bond donors (Lipinski definition) is 2. The summed E-state index contributed by atoms with van der Waals surface area (Å²) in [6, 6.07) is 7.58. The molecule has 1 aromatic carbocycles. The van der Waals surface area contributed by atoms with Gasteiger partial charge in [-0.25, -0.2) is 4.98 Å². The second kappa shape index (κ2) is 9.01. The van der Waals surface area contributed by atoms with Crippen molar-refractivity contribution in [3.63, 3.8) is 0 Å². The molecule has 1 fully saturated rings. The number of halogens is 2. The van der Waals surface area contributed by atoms with E-state index in [0.717, 1.165) is 37.1 Å². The standard InChI is InChI=1S/C21H26Cl2N4O/c1-13-12-24-20(11-19(13)27(2)3)25-15-5-7-16(8-6-15)26-21(28)14-4-9-17(22)18(23)10-14/h4,9-12,15-16H,5-8H2,1-3H3,(H,24,25)(H,26,28)/t15-,16+. The lowest BCUT2D eigenvalue weighted by Crippen LogP contribution is -2.40. The molecule has 28 heavy (non-hydrogen) atoms. The van der Waals surface area contributed by atoms with E-state index in [0.29, 0.717) is 21.7 Å². The Morgan fingerprint density at radius 2 is 1.75 bits per heavy atom.